The minimum Gasteiger partial charge on any atom is -0.383 e. The molecule has 7 heteroatoms. The van der Waals surface area contributed by atoms with Crippen LogP contribution in [0, 0.1) is 0 Å². The van der Waals surface area contributed by atoms with Gasteiger partial charge in [-0.15, -0.1) is 0 Å². The van der Waals surface area contributed by atoms with Gasteiger partial charge in [0, 0.05) is 38.2 Å². The summed E-state index contributed by atoms with van der Waals surface area (Å²) < 4.78 is 10.9. The van der Waals surface area contributed by atoms with Gasteiger partial charge >= 0.3 is 0 Å². The molecule has 5 rings (SSSR count). The summed E-state index contributed by atoms with van der Waals surface area (Å²) in [6.07, 6.45) is 2.72. The Kier molecular flexibility index (Phi) is 4.89. The second kappa shape index (κ2) is 7.55. The molecule has 29 heavy (non-hydrogen) atoms. The van der Waals surface area contributed by atoms with Crippen LogP contribution in [0.25, 0.3) is 0 Å². The molecule has 3 fully saturated rings. The minimum absolute atomic E-state index is 0.141. The first-order valence-electron chi connectivity index (χ1n) is 10.5. The highest BCUT2D eigenvalue weighted by Gasteiger charge is 2.47. The first-order valence-corrected chi connectivity index (χ1v) is 10.5. The maximum Gasteiger partial charge on any atom is 0.292 e. The van der Waals surface area contributed by atoms with Gasteiger partial charge in [0.15, 0.2) is 0 Å². The molecule has 0 unspecified atom stereocenters. The Hall–Kier alpha value is -2.22. The van der Waals surface area contributed by atoms with E-state index in [4.69, 9.17) is 9.26 Å². The fourth-order valence-corrected chi connectivity index (χ4v) is 4.59. The third kappa shape index (κ3) is 3.58. The molecule has 7 nitrogen and oxygen atoms in total. The summed E-state index contributed by atoms with van der Waals surface area (Å²) >= 11 is 0. The van der Waals surface area contributed by atoms with E-state index < -0.39 is 5.60 Å². The van der Waals surface area contributed by atoms with Crippen LogP contribution in [-0.2, 0) is 10.3 Å². The molecule has 1 aromatic carbocycles. The quantitative estimate of drug-likeness (QED) is 0.850. The molecule has 0 radical (unpaired) electrons. The van der Waals surface area contributed by atoms with Crippen molar-refractivity contribution in [2.75, 3.05) is 39.4 Å². The molecule has 3 heterocycles. The molecule has 1 N–H and O–H groups in total. The van der Waals surface area contributed by atoms with Crippen LogP contribution in [0.5, 0.6) is 0 Å². The van der Waals surface area contributed by atoms with Crippen molar-refractivity contribution in [2.45, 2.75) is 36.8 Å². The van der Waals surface area contributed by atoms with Crippen LogP contribution in [0.2, 0.25) is 0 Å². The molecule has 1 aromatic heterocycles. The number of carbonyl (C=O) groups excluding carboxylic acids is 1. The zero-order valence-corrected chi connectivity index (χ0v) is 16.5. The van der Waals surface area contributed by atoms with Crippen LogP contribution in [0.4, 0.5) is 0 Å². The lowest BCUT2D eigenvalue weighted by Gasteiger charge is -2.50. The molecule has 3 aliphatic rings. The first-order chi connectivity index (χ1) is 14.1. The summed E-state index contributed by atoms with van der Waals surface area (Å²) in [7, 11) is 0. The average Bonchev–Trinajstić information content (AvgIpc) is 3.51. The van der Waals surface area contributed by atoms with Crippen LogP contribution in [0.1, 0.15) is 47.0 Å². The maximum absolute atomic E-state index is 13.1. The predicted molar refractivity (Wildman–Crippen MR) is 106 cm³/mol. The van der Waals surface area contributed by atoms with Gasteiger partial charge < -0.3 is 19.3 Å². The lowest BCUT2D eigenvalue weighted by atomic mass is 9.79. The number of rotatable bonds is 4. The van der Waals surface area contributed by atoms with Gasteiger partial charge in [0.05, 0.1) is 24.9 Å². The molecule has 1 amide bonds. The number of morpholine rings is 1. The Morgan fingerprint density at radius 2 is 1.90 bits per heavy atom. The Bertz CT molecular complexity index is 860. The highest BCUT2D eigenvalue weighted by atomic mass is 16.5. The fourth-order valence-electron chi connectivity index (χ4n) is 4.59. The van der Waals surface area contributed by atoms with E-state index in [1.807, 2.05) is 30.3 Å². The van der Waals surface area contributed by atoms with E-state index in [1.165, 1.54) is 0 Å². The molecule has 0 spiro atoms. The number of piperidine rings is 1. The number of nitrogens with zero attached hydrogens (tertiary/aromatic N) is 3. The molecular weight excluding hydrogens is 370 g/mol. The normalized spacial score (nSPS) is 28.4. The topological polar surface area (TPSA) is 79.0 Å². The van der Waals surface area contributed by atoms with Crippen LogP contribution in [0.15, 0.2) is 40.9 Å². The number of aliphatic hydroxyl groups is 1. The van der Waals surface area contributed by atoms with Crippen LogP contribution in [-0.4, -0.2) is 71.4 Å². The van der Waals surface area contributed by atoms with Crippen molar-refractivity contribution in [2.24, 2.45) is 0 Å². The van der Waals surface area contributed by atoms with E-state index in [-0.39, 0.29) is 11.9 Å². The standard InChI is InChI=1S/C22H27N3O4/c26-21(19-14-18(23-29-19)16-6-7-16)25-9-8-22(27,17-4-2-1-3-5-17)20(15-25)24-10-12-28-13-11-24/h1-5,14,16,20,27H,6-13,15H2/t20-,22+/m1/s1. The summed E-state index contributed by atoms with van der Waals surface area (Å²) in [5.41, 5.74) is 0.783. The van der Waals surface area contributed by atoms with E-state index >= 15 is 0 Å². The number of hydrogen-bond acceptors (Lipinski definition) is 6. The number of benzene rings is 1. The molecule has 1 saturated carbocycles. The van der Waals surface area contributed by atoms with Crippen molar-refractivity contribution in [3.05, 3.63) is 53.4 Å². The molecule has 2 saturated heterocycles. The van der Waals surface area contributed by atoms with Gasteiger partial charge in [-0.05, 0) is 24.8 Å². The number of likely N-dealkylation sites (tertiary alicyclic amines) is 1. The number of aromatic nitrogens is 1. The zero-order chi connectivity index (χ0) is 19.8. The summed E-state index contributed by atoms with van der Waals surface area (Å²) in [4.78, 5) is 17.2. The van der Waals surface area contributed by atoms with E-state index in [0.717, 1.165) is 37.2 Å². The van der Waals surface area contributed by atoms with Crippen molar-refractivity contribution >= 4 is 5.91 Å². The van der Waals surface area contributed by atoms with Crippen molar-refractivity contribution < 1.29 is 19.2 Å². The van der Waals surface area contributed by atoms with Crippen molar-refractivity contribution in [1.29, 1.82) is 0 Å². The van der Waals surface area contributed by atoms with E-state index in [0.29, 0.717) is 44.4 Å². The predicted octanol–water partition coefficient (Wildman–Crippen LogP) is 1.99. The Morgan fingerprint density at radius 3 is 2.62 bits per heavy atom. The maximum atomic E-state index is 13.1. The van der Waals surface area contributed by atoms with Crippen molar-refractivity contribution in [3.63, 3.8) is 0 Å². The minimum atomic E-state index is -1.00. The number of amides is 1. The van der Waals surface area contributed by atoms with Crippen LogP contribution in [0.3, 0.4) is 0 Å². The highest BCUT2D eigenvalue weighted by Crippen LogP contribution is 2.40. The van der Waals surface area contributed by atoms with Gasteiger partial charge in [0.25, 0.3) is 5.91 Å². The number of hydrogen-bond donors (Lipinski definition) is 1. The van der Waals surface area contributed by atoms with Crippen LogP contribution < -0.4 is 0 Å². The van der Waals surface area contributed by atoms with Gasteiger partial charge in [-0.1, -0.05) is 35.5 Å². The van der Waals surface area contributed by atoms with Gasteiger partial charge in [-0.3, -0.25) is 9.69 Å². The second-order valence-electron chi connectivity index (χ2n) is 8.35. The summed E-state index contributed by atoms with van der Waals surface area (Å²) in [6.45, 7) is 3.70. The van der Waals surface area contributed by atoms with Gasteiger partial charge in [-0.2, -0.15) is 0 Å². The summed E-state index contributed by atoms with van der Waals surface area (Å²) in [5.74, 6) is 0.612. The molecule has 2 atom stereocenters. The lowest BCUT2D eigenvalue weighted by molar-refractivity contribution is -0.113. The third-order valence-electron chi connectivity index (χ3n) is 6.49. The smallest absolute Gasteiger partial charge is 0.292 e. The first kappa shape index (κ1) is 18.8. The molecule has 2 aromatic rings. The van der Waals surface area contributed by atoms with E-state index in [9.17, 15) is 9.90 Å². The molecule has 1 aliphatic carbocycles. The highest BCUT2D eigenvalue weighted by molar-refractivity contribution is 5.91. The molecule has 0 bridgehead atoms. The fraction of sp³-hybridized carbons (Fsp3) is 0.545. The second-order valence-corrected chi connectivity index (χ2v) is 8.35. The molecule has 2 aliphatic heterocycles. The Morgan fingerprint density at radius 1 is 1.14 bits per heavy atom. The summed E-state index contributed by atoms with van der Waals surface area (Å²) in [6, 6.07) is 11.4. The van der Waals surface area contributed by atoms with E-state index in [1.54, 1.807) is 11.0 Å². The van der Waals surface area contributed by atoms with Gasteiger partial charge in [-0.25, -0.2) is 0 Å². The Labute approximate surface area is 170 Å². The number of ether oxygens (including phenoxy) is 1. The van der Waals surface area contributed by atoms with Crippen LogP contribution >= 0.6 is 0 Å². The summed E-state index contributed by atoms with van der Waals surface area (Å²) in [5, 5.41) is 15.8. The average molecular weight is 397 g/mol. The SMILES string of the molecule is O=C(c1cc(C2CC2)no1)N1CC[C@](O)(c2ccccc2)[C@H](N2CCOCC2)C1. The molecule has 154 valence electrons. The van der Waals surface area contributed by atoms with E-state index in [2.05, 4.69) is 10.1 Å². The largest absolute Gasteiger partial charge is 0.383 e. The number of carbonyl (C=O) groups is 1. The molecular formula is C22H27N3O4. The van der Waals surface area contributed by atoms with Gasteiger partial charge in [0.1, 0.15) is 5.60 Å². The monoisotopic (exact) mass is 397 g/mol. The van der Waals surface area contributed by atoms with Crippen molar-refractivity contribution in [1.82, 2.24) is 15.0 Å². The zero-order valence-electron chi connectivity index (χ0n) is 16.5. The van der Waals surface area contributed by atoms with Crippen molar-refractivity contribution in [3.8, 4) is 0 Å². The van der Waals surface area contributed by atoms with Gasteiger partial charge in [0.2, 0.25) is 5.76 Å². The lowest BCUT2D eigenvalue weighted by Crippen LogP contribution is -2.63. The Balaban J connectivity index is 1.40. The third-order valence-corrected chi connectivity index (χ3v) is 6.49.